The monoisotopic (exact) mass is 429 g/mol. The number of hydrogen-bond acceptors (Lipinski definition) is 8. The van der Waals surface area contributed by atoms with Gasteiger partial charge in [-0.15, -0.1) is 0 Å². The molecule has 0 spiro atoms. The molecule has 0 amide bonds. The molecule has 4 N–H and O–H groups in total. The van der Waals surface area contributed by atoms with Gasteiger partial charge < -0.3 is 30.6 Å². The van der Waals surface area contributed by atoms with E-state index in [9.17, 15) is 0 Å². The zero-order chi connectivity index (χ0) is 22.4. The van der Waals surface area contributed by atoms with Crippen molar-refractivity contribution in [1.82, 2.24) is 15.3 Å². The van der Waals surface area contributed by atoms with Crippen LogP contribution in [0.4, 0.5) is 11.8 Å². The molecule has 0 unspecified atom stereocenters. The van der Waals surface area contributed by atoms with Crippen LogP contribution in [0.1, 0.15) is 42.5 Å². The van der Waals surface area contributed by atoms with Crippen LogP contribution < -0.4 is 30.6 Å². The van der Waals surface area contributed by atoms with E-state index in [2.05, 4.69) is 20.6 Å². The van der Waals surface area contributed by atoms with E-state index in [1.165, 1.54) is 0 Å². The number of aromatic nitrogens is 2. The van der Waals surface area contributed by atoms with E-state index in [-0.39, 0.29) is 0 Å². The zero-order valence-corrected chi connectivity index (χ0v) is 19.2. The summed E-state index contributed by atoms with van der Waals surface area (Å²) in [5, 5.41) is 7.05. The summed E-state index contributed by atoms with van der Waals surface area (Å²) in [7, 11) is 4.94. The van der Waals surface area contributed by atoms with Gasteiger partial charge in [0.05, 0.1) is 21.3 Å². The third-order valence-electron chi connectivity index (χ3n) is 6.14. The van der Waals surface area contributed by atoms with E-state index >= 15 is 0 Å². The molecule has 1 heterocycles. The molecule has 0 saturated heterocycles. The highest BCUT2D eigenvalue weighted by Gasteiger charge is 2.22. The summed E-state index contributed by atoms with van der Waals surface area (Å²) in [4.78, 5) is 8.91. The quantitative estimate of drug-likeness (QED) is 0.557. The molecule has 8 nitrogen and oxygen atoms in total. The maximum atomic E-state index is 5.98. The Morgan fingerprint density at radius 3 is 2.19 bits per heavy atom. The number of nitrogens with one attached hydrogen (secondary N) is 2. The van der Waals surface area contributed by atoms with Gasteiger partial charge in [0.15, 0.2) is 11.5 Å². The number of ether oxygens (including phenoxy) is 3. The predicted octanol–water partition coefficient (Wildman–Crippen LogP) is 3.46. The van der Waals surface area contributed by atoms with Crippen molar-refractivity contribution in [1.29, 1.82) is 0 Å². The minimum absolute atomic E-state index is 0.392. The summed E-state index contributed by atoms with van der Waals surface area (Å²) < 4.78 is 16.3. The van der Waals surface area contributed by atoms with Crippen molar-refractivity contribution in [3.8, 4) is 17.2 Å². The molecule has 1 aromatic heterocycles. The molecule has 1 saturated carbocycles. The summed E-state index contributed by atoms with van der Waals surface area (Å²) in [6, 6.07) is 4.23. The number of nitrogens with zero attached hydrogens (tertiary/aromatic N) is 2. The highest BCUT2D eigenvalue weighted by Crippen LogP contribution is 2.34. The van der Waals surface area contributed by atoms with Gasteiger partial charge in [0.25, 0.3) is 0 Å². The van der Waals surface area contributed by atoms with Gasteiger partial charge in [-0.1, -0.05) is 0 Å². The van der Waals surface area contributed by atoms with Crippen molar-refractivity contribution >= 4 is 11.8 Å². The minimum Gasteiger partial charge on any atom is -0.496 e. The van der Waals surface area contributed by atoms with Gasteiger partial charge in [-0.05, 0) is 58.1 Å². The lowest BCUT2D eigenvalue weighted by atomic mass is 9.86. The first-order chi connectivity index (χ1) is 14.9. The summed E-state index contributed by atoms with van der Waals surface area (Å²) in [6.45, 7) is 5.60. The SMILES string of the molecule is COc1cc(OC)c(OC)cc1CNCC1CCC(Nc2nc(C)c(C)c(N)n2)CC1. The molecule has 0 atom stereocenters. The van der Waals surface area contributed by atoms with Gasteiger partial charge in [-0.2, -0.15) is 4.98 Å². The first kappa shape index (κ1) is 22.9. The lowest BCUT2D eigenvalue weighted by molar-refractivity contribution is 0.321. The van der Waals surface area contributed by atoms with Gasteiger partial charge in [0, 0.05) is 35.5 Å². The van der Waals surface area contributed by atoms with Crippen molar-refractivity contribution in [2.24, 2.45) is 5.92 Å². The fourth-order valence-corrected chi connectivity index (χ4v) is 4.05. The van der Waals surface area contributed by atoms with Crippen LogP contribution in [0.25, 0.3) is 0 Å². The van der Waals surface area contributed by atoms with E-state index in [0.717, 1.165) is 61.3 Å². The van der Waals surface area contributed by atoms with Crippen LogP contribution in [0.3, 0.4) is 0 Å². The number of anilines is 2. The van der Waals surface area contributed by atoms with Crippen molar-refractivity contribution in [2.75, 3.05) is 38.9 Å². The maximum Gasteiger partial charge on any atom is 0.225 e. The molecular weight excluding hydrogens is 394 g/mol. The second-order valence-corrected chi connectivity index (χ2v) is 8.15. The molecule has 2 aromatic rings. The molecule has 1 aliphatic carbocycles. The Morgan fingerprint density at radius 2 is 1.58 bits per heavy atom. The minimum atomic E-state index is 0.392. The highest BCUT2D eigenvalue weighted by atomic mass is 16.5. The summed E-state index contributed by atoms with van der Waals surface area (Å²) in [5.41, 5.74) is 8.92. The fraction of sp³-hybridized carbons (Fsp3) is 0.565. The van der Waals surface area contributed by atoms with E-state index < -0.39 is 0 Å². The summed E-state index contributed by atoms with van der Waals surface area (Å²) in [6.07, 6.45) is 4.52. The molecule has 170 valence electrons. The molecule has 31 heavy (non-hydrogen) atoms. The third kappa shape index (κ3) is 5.70. The van der Waals surface area contributed by atoms with Gasteiger partial charge in [0.1, 0.15) is 11.6 Å². The Labute approximate surface area is 184 Å². The summed E-state index contributed by atoms with van der Waals surface area (Å²) >= 11 is 0. The molecule has 0 radical (unpaired) electrons. The number of nitrogens with two attached hydrogens (primary N) is 1. The molecule has 1 fully saturated rings. The topological polar surface area (TPSA) is 104 Å². The molecular formula is C23H35N5O3. The van der Waals surface area contributed by atoms with Crippen molar-refractivity contribution in [2.45, 2.75) is 52.1 Å². The smallest absolute Gasteiger partial charge is 0.225 e. The number of methoxy groups -OCH3 is 3. The van der Waals surface area contributed by atoms with Gasteiger partial charge >= 0.3 is 0 Å². The largest absolute Gasteiger partial charge is 0.496 e. The number of benzene rings is 1. The van der Waals surface area contributed by atoms with Gasteiger partial charge in [-0.25, -0.2) is 4.98 Å². The standard InChI is InChI=1S/C23H35N5O3/c1-14-15(2)26-23(28-22(14)24)27-18-8-6-16(7-9-18)12-25-13-17-10-20(30-4)21(31-5)11-19(17)29-3/h10-11,16,18,25H,6-9,12-13H2,1-5H3,(H3,24,26,27,28). The normalized spacial score (nSPS) is 18.5. The Hall–Kier alpha value is -2.74. The lowest BCUT2D eigenvalue weighted by Crippen LogP contribution is -2.31. The maximum absolute atomic E-state index is 5.98. The van der Waals surface area contributed by atoms with Crippen LogP contribution >= 0.6 is 0 Å². The van der Waals surface area contributed by atoms with E-state index in [4.69, 9.17) is 19.9 Å². The number of nitrogen functional groups attached to an aromatic ring is 1. The number of hydrogen-bond donors (Lipinski definition) is 3. The van der Waals surface area contributed by atoms with E-state index in [1.807, 2.05) is 26.0 Å². The van der Waals surface area contributed by atoms with Crippen LogP contribution in [0.5, 0.6) is 17.2 Å². The molecule has 8 heteroatoms. The zero-order valence-electron chi connectivity index (χ0n) is 19.2. The Morgan fingerprint density at radius 1 is 0.935 bits per heavy atom. The fourth-order valence-electron chi connectivity index (χ4n) is 4.05. The van der Waals surface area contributed by atoms with Crippen molar-refractivity contribution in [3.63, 3.8) is 0 Å². The van der Waals surface area contributed by atoms with Gasteiger partial charge in [0.2, 0.25) is 5.95 Å². The van der Waals surface area contributed by atoms with Crippen molar-refractivity contribution < 1.29 is 14.2 Å². The molecule has 0 bridgehead atoms. The number of aryl methyl sites for hydroxylation is 1. The Kier molecular flexibility index (Phi) is 7.79. The van der Waals surface area contributed by atoms with E-state index in [0.29, 0.717) is 35.2 Å². The first-order valence-corrected chi connectivity index (χ1v) is 10.8. The number of rotatable bonds is 9. The average molecular weight is 430 g/mol. The van der Waals surface area contributed by atoms with Crippen LogP contribution in [0, 0.1) is 19.8 Å². The Balaban J connectivity index is 1.48. The first-order valence-electron chi connectivity index (χ1n) is 10.8. The van der Waals surface area contributed by atoms with Crippen LogP contribution in [-0.4, -0.2) is 43.9 Å². The second kappa shape index (κ2) is 10.5. The van der Waals surface area contributed by atoms with Crippen molar-refractivity contribution in [3.05, 3.63) is 29.0 Å². The third-order valence-corrected chi connectivity index (χ3v) is 6.14. The Bertz CT molecular complexity index is 859. The second-order valence-electron chi connectivity index (χ2n) is 8.15. The highest BCUT2D eigenvalue weighted by molar-refractivity contribution is 5.50. The molecule has 1 aromatic carbocycles. The molecule has 0 aliphatic heterocycles. The van der Waals surface area contributed by atoms with Gasteiger partial charge in [-0.3, -0.25) is 0 Å². The van der Waals surface area contributed by atoms with Crippen LogP contribution in [0.15, 0.2) is 12.1 Å². The average Bonchev–Trinajstić information content (AvgIpc) is 2.78. The molecule has 1 aliphatic rings. The lowest BCUT2D eigenvalue weighted by Gasteiger charge is -2.29. The summed E-state index contributed by atoms with van der Waals surface area (Å²) in [5.74, 6) is 4.02. The molecule has 3 rings (SSSR count). The predicted molar refractivity (Wildman–Crippen MR) is 123 cm³/mol. The van der Waals surface area contributed by atoms with Crippen LogP contribution in [0.2, 0.25) is 0 Å². The van der Waals surface area contributed by atoms with Crippen LogP contribution in [-0.2, 0) is 6.54 Å². The van der Waals surface area contributed by atoms with E-state index in [1.54, 1.807) is 21.3 Å².